The summed E-state index contributed by atoms with van der Waals surface area (Å²) in [7, 11) is 0. The predicted octanol–water partition coefficient (Wildman–Crippen LogP) is 4.46. The Balaban J connectivity index is 1.93. The van der Waals surface area contributed by atoms with E-state index < -0.39 is 28.7 Å². The maximum Gasteiger partial charge on any atom is 0.338 e. The van der Waals surface area contributed by atoms with E-state index in [4.69, 9.17) is 16.2 Å². The van der Waals surface area contributed by atoms with Gasteiger partial charge in [-0.25, -0.2) is 13.6 Å². The summed E-state index contributed by atoms with van der Waals surface area (Å²) in [6.45, 7) is 3.69. The van der Waals surface area contributed by atoms with E-state index in [-0.39, 0.29) is 23.8 Å². The van der Waals surface area contributed by atoms with Gasteiger partial charge in [0, 0.05) is 29.2 Å². The molecule has 7 nitrogen and oxygen atoms in total. The summed E-state index contributed by atoms with van der Waals surface area (Å²) in [4.78, 5) is 23.5. The van der Waals surface area contributed by atoms with Crippen LogP contribution in [0.5, 0.6) is 11.5 Å². The summed E-state index contributed by atoms with van der Waals surface area (Å²) in [5.74, 6) is -2.65. The van der Waals surface area contributed by atoms with Crippen LogP contribution < -0.4 is 21.8 Å². The lowest BCUT2D eigenvalue weighted by Crippen LogP contribution is -2.20. The fourth-order valence-electron chi connectivity index (χ4n) is 3.10. The van der Waals surface area contributed by atoms with Gasteiger partial charge in [0.2, 0.25) is 0 Å². The van der Waals surface area contributed by atoms with Crippen molar-refractivity contribution in [3.05, 3.63) is 111 Å². The Hall–Kier alpha value is -4.40. The molecular weight excluding hydrogens is 456 g/mol. The lowest BCUT2D eigenvalue weighted by Gasteiger charge is -2.14. The Bertz CT molecular complexity index is 1360. The molecule has 0 spiro atoms. The first kappa shape index (κ1) is 25.2. The molecule has 2 aromatic carbocycles. The normalized spacial score (nSPS) is 12.1. The molecule has 0 atom stereocenters. The maximum absolute atomic E-state index is 14.4. The minimum absolute atomic E-state index is 0.00358. The zero-order valence-corrected chi connectivity index (χ0v) is 19.2. The lowest BCUT2D eigenvalue weighted by molar-refractivity contribution is 0.0691. The highest BCUT2D eigenvalue weighted by atomic mass is 19.1. The Morgan fingerprint density at radius 3 is 2.40 bits per heavy atom. The van der Waals surface area contributed by atoms with Gasteiger partial charge >= 0.3 is 5.97 Å². The SMILES string of the molecule is CC(C)/C(N)=C/C=C(\N)c1ccc(Oc2cc(C(=O)O)c(F)cc2Cn2cc(F)ccc2=O)cc1. The summed E-state index contributed by atoms with van der Waals surface area (Å²) in [5, 5.41) is 9.30. The van der Waals surface area contributed by atoms with Crippen LogP contribution in [0.15, 0.2) is 77.4 Å². The van der Waals surface area contributed by atoms with E-state index in [1.807, 2.05) is 13.8 Å². The fourth-order valence-corrected chi connectivity index (χ4v) is 3.10. The zero-order valence-electron chi connectivity index (χ0n) is 19.2. The number of carboxylic acids is 1. The second kappa shape index (κ2) is 10.7. The summed E-state index contributed by atoms with van der Waals surface area (Å²) >= 11 is 0. The van der Waals surface area contributed by atoms with Gasteiger partial charge < -0.3 is 25.9 Å². The third kappa shape index (κ3) is 6.35. The summed E-state index contributed by atoms with van der Waals surface area (Å²) in [6, 6.07) is 10.6. The van der Waals surface area contributed by atoms with E-state index in [0.717, 1.165) is 35.0 Å². The molecule has 0 aliphatic heterocycles. The number of carboxylic acid groups (broad SMARTS) is 1. The summed E-state index contributed by atoms with van der Waals surface area (Å²) in [6.07, 6.45) is 4.40. The Morgan fingerprint density at radius 1 is 1.09 bits per heavy atom. The molecule has 0 radical (unpaired) electrons. The van der Waals surface area contributed by atoms with Gasteiger partial charge in [0.1, 0.15) is 23.1 Å². The Kier molecular flexibility index (Phi) is 7.70. The molecule has 0 bridgehead atoms. The van der Waals surface area contributed by atoms with Crippen molar-refractivity contribution in [1.82, 2.24) is 4.57 Å². The Labute approximate surface area is 200 Å². The highest BCUT2D eigenvalue weighted by Gasteiger charge is 2.17. The molecule has 0 aliphatic carbocycles. The standard InChI is InChI=1S/C26H25F2N3O4/c1-15(2)22(29)8-9-23(30)16-3-6-19(7-4-16)35-24-12-20(26(33)34)21(28)11-17(24)13-31-14-18(27)5-10-25(31)32/h3-12,14-15H,13,29-30H2,1-2H3,(H,33,34)/b22-8-,23-9-. The van der Waals surface area contributed by atoms with Gasteiger partial charge in [-0.1, -0.05) is 13.8 Å². The van der Waals surface area contributed by atoms with E-state index in [2.05, 4.69) is 0 Å². The predicted molar refractivity (Wildman–Crippen MR) is 129 cm³/mol. The number of ether oxygens (including phenoxy) is 1. The molecule has 0 saturated carbocycles. The molecule has 0 unspecified atom stereocenters. The smallest absolute Gasteiger partial charge is 0.338 e. The van der Waals surface area contributed by atoms with Crippen LogP contribution in [0, 0.1) is 17.6 Å². The van der Waals surface area contributed by atoms with Gasteiger partial charge in [-0.2, -0.15) is 0 Å². The van der Waals surface area contributed by atoms with E-state index in [0.29, 0.717) is 22.7 Å². The van der Waals surface area contributed by atoms with Crippen LogP contribution in [0.3, 0.4) is 0 Å². The van der Waals surface area contributed by atoms with Crippen LogP contribution in [-0.2, 0) is 6.54 Å². The monoisotopic (exact) mass is 481 g/mol. The van der Waals surface area contributed by atoms with Crippen molar-refractivity contribution in [2.45, 2.75) is 20.4 Å². The van der Waals surface area contributed by atoms with Gasteiger partial charge in [-0.3, -0.25) is 4.79 Å². The number of nitrogens with two attached hydrogens (primary N) is 2. The molecule has 0 fully saturated rings. The molecule has 182 valence electrons. The van der Waals surface area contributed by atoms with Crippen molar-refractivity contribution in [1.29, 1.82) is 0 Å². The molecule has 5 N–H and O–H groups in total. The first-order valence-electron chi connectivity index (χ1n) is 10.7. The Morgan fingerprint density at radius 2 is 1.77 bits per heavy atom. The highest BCUT2D eigenvalue weighted by Crippen LogP contribution is 2.30. The average molecular weight is 481 g/mol. The minimum atomic E-state index is -1.48. The van der Waals surface area contributed by atoms with Crippen molar-refractivity contribution in [2.75, 3.05) is 0 Å². The third-order valence-corrected chi connectivity index (χ3v) is 5.21. The van der Waals surface area contributed by atoms with Crippen molar-refractivity contribution < 1.29 is 23.4 Å². The van der Waals surface area contributed by atoms with Gasteiger partial charge in [0.05, 0.1) is 12.1 Å². The van der Waals surface area contributed by atoms with Crippen LogP contribution in [0.4, 0.5) is 8.78 Å². The van der Waals surface area contributed by atoms with Gasteiger partial charge in [-0.05, 0) is 66.1 Å². The van der Waals surface area contributed by atoms with Gasteiger partial charge in [-0.15, -0.1) is 0 Å². The van der Waals surface area contributed by atoms with Crippen LogP contribution in [0.1, 0.15) is 35.3 Å². The van der Waals surface area contributed by atoms with E-state index in [9.17, 15) is 23.5 Å². The van der Waals surface area contributed by atoms with E-state index >= 15 is 0 Å². The molecule has 0 amide bonds. The van der Waals surface area contributed by atoms with Crippen LogP contribution in [0.2, 0.25) is 0 Å². The van der Waals surface area contributed by atoms with E-state index in [1.165, 1.54) is 0 Å². The van der Waals surface area contributed by atoms with Crippen LogP contribution in [0.25, 0.3) is 5.70 Å². The molecule has 1 aromatic heterocycles. The lowest BCUT2D eigenvalue weighted by atomic mass is 10.1. The largest absolute Gasteiger partial charge is 0.478 e. The molecule has 3 rings (SSSR count). The van der Waals surface area contributed by atoms with Gasteiger partial charge in [0.15, 0.2) is 0 Å². The maximum atomic E-state index is 14.4. The van der Waals surface area contributed by atoms with Crippen LogP contribution >= 0.6 is 0 Å². The number of allylic oxidation sites excluding steroid dienone is 3. The quantitative estimate of drug-likeness (QED) is 0.409. The first-order valence-corrected chi connectivity index (χ1v) is 10.7. The van der Waals surface area contributed by atoms with Gasteiger partial charge in [0.25, 0.3) is 5.56 Å². The molecule has 1 heterocycles. The number of halogens is 2. The second-order valence-electron chi connectivity index (χ2n) is 8.13. The average Bonchev–Trinajstić information content (AvgIpc) is 2.81. The summed E-state index contributed by atoms with van der Waals surface area (Å²) < 4.78 is 34.9. The minimum Gasteiger partial charge on any atom is -0.478 e. The topological polar surface area (TPSA) is 121 Å². The van der Waals surface area contributed by atoms with Crippen molar-refractivity contribution in [3.63, 3.8) is 0 Å². The molecule has 35 heavy (non-hydrogen) atoms. The molecule has 9 heteroatoms. The number of pyridine rings is 1. The molecule has 0 aliphatic rings. The number of benzene rings is 2. The first-order chi connectivity index (χ1) is 16.5. The highest BCUT2D eigenvalue weighted by molar-refractivity contribution is 5.88. The van der Waals surface area contributed by atoms with Crippen molar-refractivity contribution in [3.8, 4) is 11.5 Å². The van der Waals surface area contributed by atoms with Crippen LogP contribution in [-0.4, -0.2) is 15.6 Å². The molecule has 0 saturated heterocycles. The molecular formula is C26H25F2N3O4. The fraction of sp³-hybridized carbons (Fsp3) is 0.154. The van der Waals surface area contributed by atoms with Crippen molar-refractivity contribution >= 4 is 11.7 Å². The number of aromatic carboxylic acids is 1. The number of nitrogens with zero attached hydrogens (tertiary/aromatic N) is 1. The summed E-state index contributed by atoms with van der Waals surface area (Å²) in [5.41, 5.74) is 12.9. The number of rotatable bonds is 8. The second-order valence-corrected chi connectivity index (χ2v) is 8.13. The third-order valence-electron chi connectivity index (χ3n) is 5.21. The number of carbonyl (C=O) groups is 1. The number of hydrogen-bond donors (Lipinski definition) is 3. The zero-order chi connectivity index (χ0) is 25.7. The number of hydrogen-bond acceptors (Lipinski definition) is 5. The number of aromatic nitrogens is 1. The van der Waals surface area contributed by atoms with E-state index in [1.54, 1.807) is 36.4 Å². The molecule has 3 aromatic rings. The van der Waals surface area contributed by atoms with Crippen molar-refractivity contribution in [2.24, 2.45) is 17.4 Å².